The Morgan fingerprint density at radius 3 is 0.812 bits per heavy atom. The van der Waals surface area contributed by atoms with Gasteiger partial charge in [-0.05, 0) is 226 Å². The Morgan fingerprint density at radius 2 is 0.515 bits per heavy atom. The summed E-state index contributed by atoms with van der Waals surface area (Å²) in [5, 5.41) is 14.7. The summed E-state index contributed by atoms with van der Waals surface area (Å²) in [6, 6.07) is 91.3. The molecule has 0 bridgehead atoms. The van der Waals surface area contributed by atoms with E-state index >= 15 is 0 Å². The van der Waals surface area contributed by atoms with Crippen LogP contribution in [0.5, 0.6) is 0 Å². The van der Waals surface area contributed by atoms with Crippen molar-refractivity contribution in [3.63, 3.8) is 0 Å². The Hall–Kier alpha value is -9.07. The first-order valence-corrected chi connectivity index (χ1v) is 35.5. The lowest BCUT2D eigenvalue weighted by Gasteiger charge is -2.32. The first-order valence-electron chi connectivity index (χ1n) is 34.7. The average Bonchev–Trinajstić information content (AvgIpc) is 1.67. The van der Waals surface area contributed by atoms with Gasteiger partial charge in [0.25, 0.3) is 0 Å². The first kappa shape index (κ1) is 69.0. The van der Waals surface area contributed by atoms with Crippen molar-refractivity contribution in [1.29, 1.82) is 0 Å². The molecule has 3 fully saturated rings. The van der Waals surface area contributed by atoms with Crippen molar-refractivity contribution in [3.05, 3.63) is 272 Å². The van der Waals surface area contributed by atoms with Gasteiger partial charge in [0.05, 0.1) is 45.0 Å². The van der Waals surface area contributed by atoms with Gasteiger partial charge in [-0.2, -0.15) is 0 Å². The van der Waals surface area contributed by atoms with Crippen LogP contribution < -0.4 is 5.46 Å². The third kappa shape index (κ3) is 12.5. The van der Waals surface area contributed by atoms with Gasteiger partial charge in [-0.3, -0.25) is 9.97 Å². The summed E-state index contributed by atoms with van der Waals surface area (Å²) in [6.45, 7) is 24.5. The molecule has 5 heterocycles. The number of benzene rings is 12. The SMILES string of the molecule is Brc1ccc(-c2c3ccccc3c(-c3ccc(-c4ccccc4)c4ccccc34)c3ccccc23)nc1.C.CC1(C)OB(B2OC(C)(C)C(C)(C)O2)OC1(C)C.CC1(C)OB(c2ccc(-c3c4ccccc4c(-c4ccc(-c5ccccc5)c5ccccc45)c4ccccc34)nc2)OC1(C)C. The molecule has 0 amide bonds. The van der Waals surface area contributed by atoms with Crippen LogP contribution >= 0.6 is 15.9 Å². The molecule has 17 rings (SSSR count). The Balaban J connectivity index is 0.000000139. The predicted octanol–water partition coefficient (Wildman–Crippen LogP) is 23.0. The summed E-state index contributed by atoms with van der Waals surface area (Å²) in [7, 11) is -1.40. The zero-order valence-corrected chi connectivity index (χ0v) is 60.4. The van der Waals surface area contributed by atoms with Crippen molar-refractivity contribution < 1.29 is 27.9 Å². The molecule has 3 aliphatic heterocycles. The maximum atomic E-state index is 6.31. The average molecular weight is 1390 g/mol. The van der Waals surface area contributed by atoms with Gasteiger partial charge in [0.15, 0.2) is 0 Å². The zero-order chi connectivity index (χ0) is 69.5. The molecule has 0 spiro atoms. The van der Waals surface area contributed by atoms with E-state index in [1.807, 2.05) is 67.8 Å². The number of aromatic nitrogens is 2. The lowest BCUT2D eigenvalue weighted by atomic mass is 9.49. The molecule has 0 atom stereocenters. The molecule has 502 valence electrons. The van der Waals surface area contributed by atoms with Crippen molar-refractivity contribution in [2.75, 3.05) is 0 Å². The van der Waals surface area contributed by atoms with Gasteiger partial charge in [-0.1, -0.05) is 244 Å². The quantitative estimate of drug-likeness (QED) is 0.110. The van der Waals surface area contributed by atoms with Crippen molar-refractivity contribution in [1.82, 2.24) is 9.97 Å². The maximum Gasteiger partial charge on any atom is 0.496 e. The highest BCUT2D eigenvalue weighted by molar-refractivity contribution is 9.10. The van der Waals surface area contributed by atoms with Crippen LogP contribution in [0.4, 0.5) is 0 Å². The van der Waals surface area contributed by atoms with Gasteiger partial charge in [0, 0.05) is 33.5 Å². The van der Waals surface area contributed by atoms with E-state index < -0.39 is 32.3 Å². The van der Waals surface area contributed by atoms with Gasteiger partial charge >= 0.3 is 21.1 Å². The summed E-state index contributed by atoms with van der Waals surface area (Å²) >= 11 is 3.54. The van der Waals surface area contributed by atoms with E-state index in [9.17, 15) is 0 Å². The number of halogens is 1. The molecule has 3 aliphatic rings. The highest BCUT2D eigenvalue weighted by Gasteiger charge is 2.64. The molecule has 0 unspecified atom stereocenters. The number of pyridine rings is 2. The lowest BCUT2D eigenvalue weighted by molar-refractivity contribution is 0.00578. The minimum absolute atomic E-state index is 0. The van der Waals surface area contributed by atoms with Gasteiger partial charge < -0.3 is 27.9 Å². The molecular formula is C89H84B3BrN2O6. The van der Waals surface area contributed by atoms with E-state index in [4.69, 9.17) is 37.9 Å². The molecule has 2 aromatic heterocycles. The van der Waals surface area contributed by atoms with Gasteiger partial charge in [-0.25, -0.2) is 0 Å². The van der Waals surface area contributed by atoms with Crippen LogP contribution in [0.25, 0.3) is 132 Å². The van der Waals surface area contributed by atoms with E-state index in [1.165, 1.54) is 115 Å². The van der Waals surface area contributed by atoms with Crippen LogP contribution in [0, 0.1) is 0 Å². The van der Waals surface area contributed by atoms with Gasteiger partial charge in [0.2, 0.25) is 0 Å². The topological polar surface area (TPSA) is 81.2 Å². The maximum absolute atomic E-state index is 6.31. The molecule has 14 aromatic rings. The summed E-state index contributed by atoms with van der Waals surface area (Å²) in [4.78, 5) is 9.83. The fourth-order valence-corrected chi connectivity index (χ4v) is 14.6. The normalized spacial score (nSPS) is 16.9. The van der Waals surface area contributed by atoms with Crippen LogP contribution in [0.15, 0.2) is 272 Å². The second-order valence-electron chi connectivity index (χ2n) is 29.5. The number of rotatable bonds is 8. The van der Waals surface area contributed by atoms with Crippen molar-refractivity contribution in [2.45, 2.75) is 124 Å². The van der Waals surface area contributed by atoms with Crippen molar-refractivity contribution >= 4 is 107 Å². The second kappa shape index (κ2) is 26.7. The van der Waals surface area contributed by atoms with E-state index in [1.54, 1.807) is 0 Å². The highest BCUT2D eigenvalue weighted by atomic mass is 79.9. The molecule has 101 heavy (non-hydrogen) atoms. The van der Waals surface area contributed by atoms with Crippen LogP contribution in [-0.4, -0.2) is 64.7 Å². The van der Waals surface area contributed by atoms with E-state index in [0.717, 1.165) is 26.9 Å². The third-order valence-electron chi connectivity index (χ3n) is 21.7. The Bertz CT molecular complexity index is 5240. The molecule has 12 aromatic carbocycles. The van der Waals surface area contributed by atoms with E-state index in [-0.39, 0.29) is 29.8 Å². The molecule has 8 nitrogen and oxygen atoms in total. The van der Waals surface area contributed by atoms with E-state index in [2.05, 4.69) is 298 Å². The van der Waals surface area contributed by atoms with Crippen LogP contribution in [0.3, 0.4) is 0 Å². The third-order valence-corrected chi connectivity index (χ3v) is 22.2. The lowest BCUT2D eigenvalue weighted by Crippen LogP contribution is -2.41. The zero-order valence-electron chi connectivity index (χ0n) is 58.9. The number of hydrogen-bond donors (Lipinski definition) is 0. The Labute approximate surface area is 604 Å². The van der Waals surface area contributed by atoms with Gasteiger partial charge in [0.1, 0.15) is 0 Å². The molecular weight excluding hydrogens is 1310 g/mol. The number of fused-ring (bicyclic) bond motifs is 6. The molecule has 3 saturated heterocycles. The van der Waals surface area contributed by atoms with E-state index in [0.29, 0.717) is 0 Å². The second-order valence-corrected chi connectivity index (χ2v) is 30.4. The Morgan fingerprint density at radius 1 is 0.257 bits per heavy atom. The number of nitrogens with zero attached hydrogens (tertiary/aromatic N) is 2. The van der Waals surface area contributed by atoms with Gasteiger partial charge in [-0.15, -0.1) is 0 Å². The molecule has 0 saturated carbocycles. The number of hydrogen-bond acceptors (Lipinski definition) is 8. The minimum Gasteiger partial charge on any atom is -0.405 e. The molecule has 0 radical (unpaired) electrons. The molecule has 0 N–H and O–H groups in total. The van der Waals surface area contributed by atoms with Crippen LogP contribution in [-0.2, 0) is 27.9 Å². The smallest absolute Gasteiger partial charge is 0.405 e. The fourth-order valence-electron chi connectivity index (χ4n) is 14.4. The fraction of sp³-hybridized carbons (Fsp3) is 0.213. The Kier molecular flexibility index (Phi) is 18.3. The summed E-state index contributed by atoms with van der Waals surface area (Å²) in [6.07, 6.45) is 3.79. The minimum atomic E-state index is -0.476. The first-order chi connectivity index (χ1) is 48.0. The van der Waals surface area contributed by atoms with Crippen LogP contribution in [0.2, 0.25) is 0 Å². The van der Waals surface area contributed by atoms with Crippen molar-refractivity contribution in [2.24, 2.45) is 0 Å². The predicted molar refractivity (Wildman–Crippen MR) is 428 cm³/mol. The highest BCUT2D eigenvalue weighted by Crippen LogP contribution is 2.50. The largest absolute Gasteiger partial charge is 0.496 e. The monoisotopic (exact) mass is 1390 g/mol. The standard InChI is InChI=1S/C41H34BNO2.C35H22BrN.C12H24B2O4.CH4/c1-40(2)41(3,4)45-42(44-40)28-22-25-37(43-26-28)39-34-20-12-10-18-32(34)38(33-19-11-13-21-35(33)39)36-24-23-29(27-14-6-5-7-15-27)30-16-8-9-17-31(30)36;36-24-18-21-33(37-22-24)35-30-16-8-6-14-28(30)34(29-15-7-9-17-31(29)35)32-20-19-25(23-10-2-1-3-11-23)26-12-4-5-13-27(26)32;1-9(2)10(3,4)16-13(15-9)14-17-11(5,6)12(7,8)18-14;/h5-26H,1-4H3;1-22H;1-8H3;1H4. The van der Waals surface area contributed by atoms with Crippen LogP contribution in [0.1, 0.15) is 90.5 Å². The molecule has 0 aliphatic carbocycles. The summed E-state index contributed by atoms with van der Waals surface area (Å²) in [5.41, 5.74) is 12.8. The summed E-state index contributed by atoms with van der Waals surface area (Å²) in [5.74, 6) is 0. The molecule has 12 heteroatoms. The van der Waals surface area contributed by atoms with Crippen molar-refractivity contribution in [3.8, 4) is 67.0 Å². The summed E-state index contributed by atoms with van der Waals surface area (Å²) < 4.78 is 37.4.